The van der Waals surface area contributed by atoms with E-state index < -0.39 is 24.0 Å². The second-order valence-corrected chi connectivity index (χ2v) is 5.80. The van der Waals surface area contributed by atoms with Crippen LogP contribution in [-0.4, -0.2) is 30.5 Å². The maximum atomic E-state index is 12.6. The second-order valence-electron chi connectivity index (χ2n) is 5.80. The standard InChI is InChI=1S/C20H19NO4/c21-18-16(19(22)14-7-3-1-4-8-14)11-12-24-17(18)13-25-20(23)15-9-5-2-6-10-15/h1-12,16-18H,13,21H2/t16-,17?,18?/m1/s1. The van der Waals surface area contributed by atoms with Crippen LogP contribution in [0.2, 0.25) is 0 Å². The second kappa shape index (κ2) is 7.77. The Morgan fingerprint density at radius 1 is 0.960 bits per heavy atom. The molecule has 0 radical (unpaired) electrons. The minimum absolute atomic E-state index is 0.0161. The Kier molecular flexibility index (Phi) is 5.26. The predicted molar refractivity (Wildman–Crippen MR) is 93.0 cm³/mol. The summed E-state index contributed by atoms with van der Waals surface area (Å²) in [5.74, 6) is -1.04. The highest BCUT2D eigenvalue weighted by molar-refractivity contribution is 5.99. The molecule has 0 saturated carbocycles. The van der Waals surface area contributed by atoms with Crippen molar-refractivity contribution in [3.05, 3.63) is 84.1 Å². The summed E-state index contributed by atoms with van der Waals surface area (Å²) in [6.07, 6.45) is 2.53. The van der Waals surface area contributed by atoms with Gasteiger partial charge in [0.15, 0.2) is 5.78 Å². The van der Waals surface area contributed by atoms with Crippen LogP contribution in [0, 0.1) is 5.92 Å². The third kappa shape index (κ3) is 3.95. The maximum Gasteiger partial charge on any atom is 0.338 e. The lowest BCUT2D eigenvalue weighted by molar-refractivity contribution is 0.00446. The fraction of sp³-hybridized carbons (Fsp3) is 0.200. The average molecular weight is 337 g/mol. The Balaban J connectivity index is 1.63. The van der Waals surface area contributed by atoms with E-state index in [-0.39, 0.29) is 12.4 Å². The smallest absolute Gasteiger partial charge is 0.338 e. The number of Topliss-reactive ketones (excluding diaryl/α,β-unsaturated/α-hetero) is 1. The molecule has 0 aromatic heterocycles. The minimum Gasteiger partial charge on any atom is -0.493 e. The fourth-order valence-corrected chi connectivity index (χ4v) is 2.70. The summed E-state index contributed by atoms with van der Waals surface area (Å²) in [4.78, 5) is 24.6. The number of hydrogen-bond acceptors (Lipinski definition) is 5. The topological polar surface area (TPSA) is 78.6 Å². The quantitative estimate of drug-likeness (QED) is 0.670. The van der Waals surface area contributed by atoms with Gasteiger partial charge in [-0.15, -0.1) is 0 Å². The Morgan fingerprint density at radius 2 is 1.56 bits per heavy atom. The first-order chi connectivity index (χ1) is 12.2. The van der Waals surface area contributed by atoms with E-state index in [4.69, 9.17) is 15.2 Å². The molecule has 2 N–H and O–H groups in total. The first-order valence-electron chi connectivity index (χ1n) is 8.06. The van der Waals surface area contributed by atoms with Gasteiger partial charge in [0.05, 0.1) is 23.8 Å². The van der Waals surface area contributed by atoms with Gasteiger partial charge in [-0.3, -0.25) is 4.79 Å². The van der Waals surface area contributed by atoms with Gasteiger partial charge in [-0.1, -0.05) is 48.5 Å². The maximum absolute atomic E-state index is 12.6. The van der Waals surface area contributed by atoms with Crippen LogP contribution < -0.4 is 5.73 Å². The highest BCUT2D eigenvalue weighted by atomic mass is 16.6. The number of ketones is 1. The Hall–Kier alpha value is -2.92. The van der Waals surface area contributed by atoms with Crippen molar-refractivity contribution in [2.24, 2.45) is 11.7 Å². The van der Waals surface area contributed by atoms with Gasteiger partial charge in [0.2, 0.25) is 0 Å². The van der Waals surface area contributed by atoms with Crippen LogP contribution in [0.25, 0.3) is 0 Å². The number of benzene rings is 2. The molecule has 25 heavy (non-hydrogen) atoms. The molecule has 1 heterocycles. The van der Waals surface area contributed by atoms with Crippen LogP contribution in [0.5, 0.6) is 0 Å². The zero-order chi connectivity index (χ0) is 17.6. The van der Waals surface area contributed by atoms with Gasteiger partial charge in [-0.2, -0.15) is 0 Å². The van der Waals surface area contributed by atoms with Gasteiger partial charge in [0, 0.05) is 5.56 Å². The molecule has 0 amide bonds. The monoisotopic (exact) mass is 337 g/mol. The van der Waals surface area contributed by atoms with Crippen molar-refractivity contribution < 1.29 is 19.1 Å². The normalized spacial score (nSPS) is 22.0. The van der Waals surface area contributed by atoms with Crippen molar-refractivity contribution in [2.75, 3.05) is 6.61 Å². The van der Waals surface area contributed by atoms with Gasteiger partial charge in [-0.05, 0) is 18.2 Å². The number of esters is 1. The molecule has 2 aromatic carbocycles. The lowest BCUT2D eigenvalue weighted by atomic mass is 9.87. The number of carbonyl (C=O) groups is 2. The third-order valence-corrected chi connectivity index (χ3v) is 4.13. The molecule has 3 rings (SSSR count). The van der Waals surface area contributed by atoms with Gasteiger partial charge in [0.25, 0.3) is 0 Å². The molecular weight excluding hydrogens is 318 g/mol. The minimum atomic E-state index is -0.596. The Bertz CT molecular complexity index is 758. The first-order valence-corrected chi connectivity index (χ1v) is 8.06. The van der Waals surface area contributed by atoms with Gasteiger partial charge in [0.1, 0.15) is 12.7 Å². The third-order valence-electron chi connectivity index (χ3n) is 4.13. The molecule has 2 unspecified atom stereocenters. The summed E-state index contributed by atoms with van der Waals surface area (Å²) in [5.41, 5.74) is 7.25. The van der Waals surface area contributed by atoms with E-state index in [0.717, 1.165) is 0 Å². The molecule has 5 nitrogen and oxygen atoms in total. The fourth-order valence-electron chi connectivity index (χ4n) is 2.70. The zero-order valence-corrected chi connectivity index (χ0v) is 13.6. The van der Waals surface area contributed by atoms with E-state index in [1.54, 1.807) is 54.6 Å². The summed E-state index contributed by atoms with van der Waals surface area (Å²) in [5, 5.41) is 0. The number of carbonyl (C=O) groups excluding carboxylic acids is 2. The van der Waals surface area contributed by atoms with Crippen LogP contribution in [0.3, 0.4) is 0 Å². The predicted octanol–water partition coefficient (Wildman–Crippen LogP) is 2.58. The zero-order valence-electron chi connectivity index (χ0n) is 13.6. The molecule has 1 aliphatic rings. The first kappa shape index (κ1) is 16.9. The molecular formula is C20H19NO4. The summed E-state index contributed by atoms with van der Waals surface area (Å²) < 4.78 is 10.7. The largest absolute Gasteiger partial charge is 0.493 e. The Labute approximate surface area is 146 Å². The van der Waals surface area contributed by atoms with E-state index >= 15 is 0 Å². The highest BCUT2D eigenvalue weighted by Crippen LogP contribution is 2.21. The van der Waals surface area contributed by atoms with E-state index in [9.17, 15) is 9.59 Å². The molecule has 0 aliphatic carbocycles. The number of ether oxygens (including phenoxy) is 2. The van der Waals surface area contributed by atoms with E-state index in [0.29, 0.717) is 11.1 Å². The lowest BCUT2D eigenvalue weighted by Gasteiger charge is -2.31. The molecule has 0 bridgehead atoms. The summed E-state index contributed by atoms with van der Waals surface area (Å²) >= 11 is 0. The molecule has 0 saturated heterocycles. The van der Waals surface area contributed by atoms with E-state index in [1.807, 2.05) is 12.1 Å². The Morgan fingerprint density at radius 3 is 2.20 bits per heavy atom. The van der Waals surface area contributed by atoms with Gasteiger partial charge in [-0.25, -0.2) is 4.79 Å². The molecule has 0 spiro atoms. The van der Waals surface area contributed by atoms with Crippen molar-refractivity contribution in [3.63, 3.8) is 0 Å². The highest BCUT2D eigenvalue weighted by Gasteiger charge is 2.34. The summed E-state index contributed by atoms with van der Waals surface area (Å²) in [6, 6.07) is 17.1. The number of nitrogens with two attached hydrogens (primary N) is 1. The molecule has 5 heteroatoms. The van der Waals surface area contributed by atoms with Crippen molar-refractivity contribution in [3.8, 4) is 0 Å². The molecule has 128 valence electrons. The molecule has 2 aromatic rings. The van der Waals surface area contributed by atoms with Crippen molar-refractivity contribution >= 4 is 11.8 Å². The molecule has 3 atom stereocenters. The summed E-state index contributed by atoms with van der Waals surface area (Å²) in [6.45, 7) is -0.0161. The van der Waals surface area contributed by atoms with Crippen LogP contribution in [-0.2, 0) is 9.47 Å². The number of hydrogen-bond donors (Lipinski definition) is 1. The van der Waals surface area contributed by atoms with Gasteiger partial charge < -0.3 is 15.2 Å². The van der Waals surface area contributed by atoms with Crippen LogP contribution in [0.4, 0.5) is 0 Å². The van der Waals surface area contributed by atoms with Gasteiger partial charge >= 0.3 is 5.97 Å². The van der Waals surface area contributed by atoms with Crippen molar-refractivity contribution in [1.29, 1.82) is 0 Å². The number of rotatable bonds is 5. The molecule has 0 fully saturated rings. The van der Waals surface area contributed by atoms with Crippen LogP contribution >= 0.6 is 0 Å². The van der Waals surface area contributed by atoms with E-state index in [1.165, 1.54) is 6.26 Å². The SMILES string of the molecule is NC1C(COC(=O)c2ccccc2)OC=C[C@H]1C(=O)c1ccccc1. The van der Waals surface area contributed by atoms with Crippen molar-refractivity contribution in [2.45, 2.75) is 12.1 Å². The average Bonchev–Trinajstić information content (AvgIpc) is 2.68. The van der Waals surface area contributed by atoms with E-state index in [2.05, 4.69) is 0 Å². The lowest BCUT2D eigenvalue weighted by Crippen LogP contribution is -2.49. The van der Waals surface area contributed by atoms with Crippen molar-refractivity contribution in [1.82, 2.24) is 0 Å². The van der Waals surface area contributed by atoms with Crippen LogP contribution in [0.15, 0.2) is 73.0 Å². The molecule has 1 aliphatic heterocycles. The van der Waals surface area contributed by atoms with Crippen LogP contribution in [0.1, 0.15) is 20.7 Å². The summed E-state index contributed by atoms with van der Waals surface area (Å²) in [7, 11) is 0.